The van der Waals surface area contributed by atoms with Gasteiger partial charge in [-0.15, -0.1) is 23.5 Å². The van der Waals surface area contributed by atoms with Crippen LogP contribution in [0.5, 0.6) is 0 Å². The molecule has 0 saturated carbocycles. The summed E-state index contributed by atoms with van der Waals surface area (Å²) in [5, 5.41) is 0. The largest absolute Gasteiger partial charge is 0.130 e. The third-order valence-corrected chi connectivity index (χ3v) is 5.10. The highest BCUT2D eigenvalue weighted by Crippen LogP contribution is 2.33. The third kappa shape index (κ3) is 3.62. The molecule has 0 aliphatic carbocycles. The van der Waals surface area contributed by atoms with Crippen molar-refractivity contribution >= 4 is 23.5 Å². The molecule has 0 radical (unpaired) electrons. The summed E-state index contributed by atoms with van der Waals surface area (Å²) in [6.07, 6.45) is 4.24. The molecular weight excluding hydrogens is 280 g/mol. The lowest BCUT2D eigenvalue weighted by Gasteiger charge is -2.22. The van der Waals surface area contributed by atoms with Crippen LogP contribution in [-0.4, -0.2) is 12.5 Å². The molecule has 0 spiro atoms. The fraction of sp³-hybridized carbons (Fsp3) is 0.333. The van der Waals surface area contributed by atoms with Crippen LogP contribution in [0.2, 0.25) is 0 Å². The van der Waals surface area contributed by atoms with E-state index in [1.165, 1.54) is 20.9 Å². The monoisotopic (exact) mass is 302 g/mol. The van der Waals surface area contributed by atoms with E-state index in [4.69, 9.17) is 0 Å². The molecule has 0 amide bonds. The van der Waals surface area contributed by atoms with E-state index < -0.39 is 0 Å². The molecule has 106 valence electrons. The Kier molecular flexibility index (Phi) is 5.62. The van der Waals surface area contributed by atoms with E-state index in [1.54, 1.807) is 23.5 Å². The number of hydrogen-bond acceptors (Lipinski definition) is 2. The molecule has 2 aromatic carbocycles. The fourth-order valence-corrected chi connectivity index (χ4v) is 3.40. The quantitative estimate of drug-likeness (QED) is 0.629. The van der Waals surface area contributed by atoms with Crippen LogP contribution in [0.15, 0.2) is 58.3 Å². The molecule has 20 heavy (non-hydrogen) atoms. The molecule has 0 unspecified atom stereocenters. The van der Waals surface area contributed by atoms with Gasteiger partial charge in [0.15, 0.2) is 0 Å². The van der Waals surface area contributed by atoms with Crippen molar-refractivity contribution in [2.45, 2.75) is 29.6 Å². The van der Waals surface area contributed by atoms with Gasteiger partial charge in [0.1, 0.15) is 0 Å². The smallest absolute Gasteiger partial charge is 0.0112 e. The van der Waals surface area contributed by atoms with Crippen LogP contribution in [0.4, 0.5) is 0 Å². The maximum Gasteiger partial charge on any atom is 0.0112 e. The first kappa shape index (κ1) is 15.5. The van der Waals surface area contributed by atoms with Gasteiger partial charge in [0.05, 0.1) is 0 Å². The average molecular weight is 303 g/mol. The molecule has 0 nitrogen and oxygen atoms in total. The van der Waals surface area contributed by atoms with Gasteiger partial charge < -0.3 is 0 Å². The summed E-state index contributed by atoms with van der Waals surface area (Å²) in [6.45, 7) is 4.60. The normalized spacial score (nSPS) is 11.3. The van der Waals surface area contributed by atoms with Crippen molar-refractivity contribution in [1.29, 1.82) is 0 Å². The molecule has 0 aliphatic heterocycles. The van der Waals surface area contributed by atoms with E-state index in [2.05, 4.69) is 74.9 Å². The molecule has 0 saturated heterocycles. The molecular formula is C18H22S2. The van der Waals surface area contributed by atoms with Gasteiger partial charge in [0.25, 0.3) is 0 Å². The zero-order chi connectivity index (χ0) is 14.5. The lowest BCUT2D eigenvalue weighted by molar-refractivity contribution is 0.563. The summed E-state index contributed by atoms with van der Waals surface area (Å²) in [5.41, 5.74) is 2.82. The summed E-state index contributed by atoms with van der Waals surface area (Å²) in [7, 11) is 0. The lowest BCUT2D eigenvalue weighted by atomic mass is 9.83. The highest BCUT2D eigenvalue weighted by Gasteiger charge is 2.18. The zero-order valence-corrected chi connectivity index (χ0v) is 14.2. The Morgan fingerprint density at radius 3 is 1.25 bits per heavy atom. The predicted octanol–water partition coefficient (Wildman–Crippen LogP) is 5.92. The molecule has 2 heteroatoms. The Labute approximate surface area is 131 Å². The van der Waals surface area contributed by atoms with Gasteiger partial charge in [-0.05, 0) is 53.8 Å². The zero-order valence-electron chi connectivity index (χ0n) is 12.6. The standard InChI is InChI=1S/C18H22S2/c1-13(2)18(14-5-9-16(19-3)10-6-14)15-7-11-17(20-4)12-8-15/h5-13,18H,1-4H3. The molecule has 2 aromatic rings. The highest BCUT2D eigenvalue weighted by atomic mass is 32.2. The van der Waals surface area contributed by atoms with Crippen LogP contribution in [0, 0.1) is 5.92 Å². The van der Waals surface area contributed by atoms with Gasteiger partial charge >= 0.3 is 0 Å². The van der Waals surface area contributed by atoms with Gasteiger partial charge in [0.2, 0.25) is 0 Å². The summed E-state index contributed by atoms with van der Waals surface area (Å²) in [4.78, 5) is 2.66. The van der Waals surface area contributed by atoms with E-state index in [0.29, 0.717) is 11.8 Å². The van der Waals surface area contributed by atoms with Gasteiger partial charge in [-0.25, -0.2) is 0 Å². The van der Waals surface area contributed by atoms with Crippen molar-refractivity contribution in [3.8, 4) is 0 Å². The van der Waals surface area contributed by atoms with Crippen LogP contribution in [0.3, 0.4) is 0 Å². The van der Waals surface area contributed by atoms with Crippen molar-refractivity contribution in [2.75, 3.05) is 12.5 Å². The van der Waals surface area contributed by atoms with Crippen LogP contribution in [0.1, 0.15) is 30.9 Å². The average Bonchev–Trinajstić information content (AvgIpc) is 2.48. The van der Waals surface area contributed by atoms with Crippen molar-refractivity contribution < 1.29 is 0 Å². The molecule has 0 atom stereocenters. The Hall–Kier alpha value is -0.860. The summed E-state index contributed by atoms with van der Waals surface area (Å²) in [5.74, 6) is 1.07. The maximum atomic E-state index is 2.30. The Morgan fingerprint density at radius 2 is 1.00 bits per heavy atom. The van der Waals surface area contributed by atoms with Crippen molar-refractivity contribution in [2.24, 2.45) is 5.92 Å². The number of benzene rings is 2. The van der Waals surface area contributed by atoms with E-state index in [0.717, 1.165) is 0 Å². The first-order valence-corrected chi connectivity index (χ1v) is 9.38. The summed E-state index contributed by atoms with van der Waals surface area (Å²) >= 11 is 3.59. The number of rotatable bonds is 5. The molecule has 0 aromatic heterocycles. The van der Waals surface area contributed by atoms with Gasteiger partial charge in [-0.1, -0.05) is 38.1 Å². The van der Waals surface area contributed by atoms with Crippen molar-refractivity contribution in [3.05, 3.63) is 59.7 Å². The molecule has 0 bridgehead atoms. The number of hydrogen-bond donors (Lipinski definition) is 0. The predicted molar refractivity (Wildman–Crippen MR) is 93.1 cm³/mol. The fourth-order valence-electron chi connectivity index (χ4n) is 2.58. The first-order valence-electron chi connectivity index (χ1n) is 6.93. The topological polar surface area (TPSA) is 0 Å². The molecule has 0 N–H and O–H groups in total. The summed E-state index contributed by atoms with van der Waals surface area (Å²) < 4.78 is 0. The van der Waals surface area contributed by atoms with Crippen LogP contribution < -0.4 is 0 Å². The minimum atomic E-state index is 0.474. The number of thioether (sulfide) groups is 2. The SMILES string of the molecule is CSc1ccc(C(c2ccc(SC)cc2)C(C)C)cc1. The Morgan fingerprint density at radius 1 is 0.650 bits per heavy atom. The Balaban J connectivity index is 2.33. The minimum Gasteiger partial charge on any atom is -0.130 e. The van der Waals surface area contributed by atoms with Crippen LogP contribution in [-0.2, 0) is 0 Å². The third-order valence-electron chi connectivity index (χ3n) is 3.62. The van der Waals surface area contributed by atoms with Crippen molar-refractivity contribution in [1.82, 2.24) is 0 Å². The second-order valence-corrected chi connectivity index (χ2v) is 7.03. The van der Waals surface area contributed by atoms with Crippen LogP contribution >= 0.6 is 23.5 Å². The molecule has 0 aliphatic rings. The van der Waals surface area contributed by atoms with Crippen molar-refractivity contribution in [3.63, 3.8) is 0 Å². The van der Waals surface area contributed by atoms with E-state index in [-0.39, 0.29) is 0 Å². The van der Waals surface area contributed by atoms with Crippen LogP contribution in [0.25, 0.3) is 0 Å². The van der Waals surface area contributed by atoms with Gasteiger partial charge in [0, 0.05) is 15.7 Å². The first-order chi connectivity index (χ1) is 9.65. The maximum absolute atomic E-state index is 2.30. The second kappa shape index (κ2) is 7.24. The molecule has 2 rings (SSSR count). The Bertz CT molecular complexity index is 479. The van der Waals surface area contributed by atoms with E-state index >= 15 is 0 Å². The second-order valence-electron chi connectivity index (χ2n) is 5.27. The van der Waals surface area contributed by atoms with Gasteiger partial charge in [-0.2, -0.15) is 0 Å². The van der Waals surface area contributed by atoms with Gasteiger partial charge in [-0.3, -0.25) is 0 Å². The molecule has 0 fully saturated rings. The summed E-state index contributed by atoms with van der Waals surface area (Å²) in [6, 6.07) is 18.0. The lowest BCUT2D eigenvalue weighted by Crippen LogP contribution is -2.08. The minimum absolute atomic E-state index is 0.474. The van der Waals surface area contributed by atoms with E-state index in [1.807, 2.05) is 0 Å². The van der Waals surface area contributed by atoms with E-state index in [9.17, 15) is 0 Å². The highest BCUT2D eigenvalue weighted by molar-refractivity contribution is 7.98. The molecule has 0 heterocycles.